The van der Waals surface area contributed by atoms with Gasteiger partial charge in [-0.05, 0) is 5.16 Å². The quantitative estimate of drug-likeness (QED) is 0.782. The van der Waals surface area contributed by atoms with Gasteiger partial charge in [0.25, 0.3) is 5.95 Å². The fourth-order valence-corrected chi connectivity index (χ4v) is 0.881. The Kier molecular flexibility index (Phi) is 3.28. The van der Waals surface area contributed by atoms with Crippen molar-refractivity contribution < 1.29 is 14.4 Å². The summed E-state index contributed by atoms with van der Waals surface area (Å²) in [6, 6.07) is 0. The Morgan fingerprint density at radius 1 is 1.53 bits per heavy atom. The highest BCUT2D eigenvalue weighted by Gasteiger charge is 2.21. The zero-order chi connectivity index (χ0) is 11.5. The van der Waals surface area contributed by atoms with Gasteiger partial charge in [0, 0.05) is 12.0 Å². The van der Waals surface area contributed by atoms with E-state index in [1.54, 1.807) is 0 Å². The molecule has 0 radical (unpaired) electrons. The minimum absolute atomic E-state index is 0.0272. The fraction of sp³-hybridized carbons (Fsp3) is 0.667. The first kappa shape index (κ1) is 11.5. The van der Waals surface area contributed by atoms with E-state index in [-0.39, 0.29) is 11.8 Å². The van der Waals surface area contributed by atoms with Crippen LogP contribution in [0.4, 0.5) is 5.95 Å². The van der Waals surface area contributed by atoms with E-state index in [2.05, 4.69) is 15.5 Å². The number of carboxylic acids is 1. The molecule has 0 aliphatic rings. The average Bonchev–Trinajstić information content (AvgIpc) is 2.51. The molecule has 84 valence electrons. The molecule has 1 rings (SSSR count). The predicted octanol–water partition coefficient (Wildman–Crippen LogP) is 1.25. The summed E-state index contributed by atoms with van der Waals surface area (Å²) in [7, 11) is 0. The van der Waals surface area contributed by atoms with Crippen LogP contribution < -0.4 is 5.32 Å². The van der Waals surface area contributed by atoms with E-state index in [4.69, 9.17) is 9.63 Å². The number of aliphatic carboxylic acids is 1. The first-order chi connectivity index (χ1) is 6.89. The first-order valence-corrected chi connectivity index (χ1v) is 4.69. The zero-order valence-electron chi connectivity index (χ0n) is 9.07. The van der Waals surface area contributed by atoms with E-state index in [0.717, 1.165) is 0 Å². The molecule has 0 spiro atoms. The summed E-state index contributed by atoms with van der Waals surface area (Å²) < 4.78 is 5.02. The molecule has 0 aromatic carbocycles. The third kappa shape index (κ3) is 3.57. The SMILES string of the molecule is CC(C)(C)c1nc(NCCC(=O)O)no1. The second kappa shape index (κ2) is 4.29. The standard InChI is InChI=1S/C9H15N3O3/c1-9(2,3)7-11-8(12-15-7)10-5-4-6(13)14/h4-5H2,1-3H3,(H,10,12)(H,13,14). The van der Waals surface area contributed by atoms with Crippen molar-refractivity contribution in [3.05, 3.63) is 5.89 Å². The third-order valence-electron chi connectivity index (χ3n) is 1.69. The van der Waals surface area contributed by atoms with Crippen LogP contribution in [-0.2, 0) is 10.2 Å². The van der Waals surface area contributed by atoms with Gasteiger partial charge in [-0.2, -0.15) is 4.98 Å². The molecule has 0 saturated heterocycles. The Labute approximate surface area is 87.7 Å². The van der Waals surface area contributed by atoms with E-state index in [1.807, 2.05) is 20.8 Å². The number of aromatic nitrogens is 2. The van der Waals surface area contributed by atoms with Gasteiger partial charge in [-0.25, -0.2) is 0 Å². The number of carbonyl (C=O) groups is 1. The molecule has 0 fully saturated rings. The second-order valence-electron chi connectivity index (χ2n) is 4.24. The number of nitrogens with one attached hydrogen (secondary N) is 1. The molecule has 0 unspecified atom stereocenters. The van der Waals surface area contributed by atoms with Gasteiger partial charge < -0.3 is 14.9 Å². The van der Waals surface area contributed by atoms with Crippen LogP contribution >= 0.6 is 0 Å². The summed E-state index contributed by atoms with van der Waals surface area (Å²) in [5.74, 6) is 0.00328. The van der Waals surface area contributed by atoms with Crippen LogP contribution in [0.3, 0.4) is 0 Å². The second-order valence-corrected chi connectivity index (χ2v) is 4.24. The monoisotopic (exact) mass is 213 g/mol. The van der Waals surface area contributed by atoms with E-state index in [1.165, 1.54) is 0 Å². The maximum atomic E-state index is 10.2. The molecule has 6 nitrogen and oxygen atoms in total. The lowest BCUT2D eigenvalue weighted by atomic mass is 9.97. The number of rotatable bonds is 4. The van der Waals surface area contributed by atoms with Gasteiger partial charge >= 0.3 is 5.97 Å². The van der Waals surface area contributed by atoms with Crippen molar-refractivity contribution in [1.29, 1.82) is 0 Å². The highest BCUT2D eigenvalue weighted by molar-refractivity contribution is 5.67. The topological polar surface area (TPSA) is 88.2 Å². The molecule has 15 heavy (non-hydrogen) atoms. The summed E-state index contributed by atoms with van der Waals surface area (Å²) in [6.07, 6.45) is 0.0272. The molecular weight excluding hydrogens is 198 g/mol. The fourth-order valence-electron chi connectivity index (χ4n) is 0.881. The normalized spacial score (nSPS) is 11.4. The first-order valence-electron chi connectivity index (χ1n) is 4.69. The molecular formula is C9H15N3O3. The molecule has 0 saturated carbocycles. The Morgan fingerprint density at radius 3 is 2.67 bits per heavy atom. The highest BCUT2D eigenvalue weighted by Crippen LogP contribution is 2.20. The number of hydrogen-bond acceptors (Lipinski definition) is 5. The van der Waals surface area contributed by atoms with Crippen molar-refractivity contribution in [1.82, 2.24) is 10.1 Å². The maximum absolute atomic E-state index is 10.2. The van der Waals surface area contributed by atoms with E-state index < -0.39 is 5.97 Å². The molecule has 6 heteroatoms. The molecule has 1 aromatic heterocycles. The van der Waals surface area contributed by atoms with Crippen LogP contribution in [0.5, 0.6) is 0 Å². The Morgan fingerprint density at radius 2 is 2.20 bits per heavy atom. The zero-order valence-corrected chi connectivity index (χ0v) is 9.07. The van der Waals surface area contributed by atoms with Crippen LogP contribution in [-0.4, -0.2) is 27.8 Å². The summed E-state index contributed by atoms with van der Waals surface area (Å²) >= 11 is 0. The number of hydrogen-bond donors (Lipinski definition) is 2. The van der Waals surface area contributed by atoms with Crippen LogP contribution in [0.1, 0.15) is 33.1 Å². The average molecular weight is 213 g/mol. The van der Waals surface area contributed by atoms with Crippen molar-refractivity contribution in [3.63, 3.8) is 0 Å². The Balaban J connectivity index is 2.50. The maximum Gasteiger partial charge on any atom is 0.305 e. The van der Waals surface area contributed by atoms with Gasteiger partial charge in [0.2, 0.25) is 5.89 Å². The molecule has 1 heterocycles. The van der Waals surface area contributed by atoms with Crippen molar-refractivity contribution in [3.8, 4) is 0 Å². The smallest absolute Gasteiger partial charge is 0.305 e. The van der Waals surface area contributed by atoms with E-state index in [9.17, 15) is 4.79 Å². The van der Waals surface area contributed by atoms with Crippen molar-refractivity contribution in [2.45, 2.75) is 32.6 Å². The Bertz CT molecular complexity index is 341. The van der Waals surface area contributed by atoms with Gasteiger partial charge in [-0.3, -0.25) is 4.79 Å². The van der Waals surface area contributed by atoms with E-state index in [0.29, 0.717) is 18.4 Å². The van der Waals surface area contributed by atoms with Crippen molar-refractivity contribution >= 4 is 11.9 Å². The van der Waals surface area contributed by atoms with Crippen molar-refractivity contribution in [2.75, 3.05) is 11.9 Å². The van der Waals surface area contributed by atoms with Crippen LogP contribution in [0.25, 0.3) is 0 Å². The van der Waals surface area contributed by atoms with Gasteiger partial charge in [0.1, 0.15) is 0 Å². The summed E-state index contributed by atoms with van der Waals surface area (Å²) in [5.41, 5.74) is -0.195. The van der Waals surface area contributed by atoms with E-state index >= 15 is 0 Å². The van der Waals surface area contributed by atoms with Gasteiger partial charge in [0.05, 0.1) is 6.42 Å². The lowest BCUT2D eigenvalue weighted by Crippen LogP contribution is -2.12. The number of anilines is 1. The molecule has 0 amide bonds. The molecule has 0 aliphatic heterocycles. The third-order valence-corrected chi connectivity index (χ3v) is 1.69. The predicted molar refractivity (Wildman–Crippen MR) is 53.7 cm³/mol. The Hall–Kier alpha value is -1.59. The lowest BCUT2D eigenvalue weighted by molar-refractivity contribution is -0.136. The van der Waals surface area contributed by atoms with Gasteiger partial charge in [-0.1, -0.05) is 20.8 Å². The molecule has 0 aliphatic carbocycles. The summed E-state index contributed by atoms with van der Waals surface area (Å²) in [5, 5.41) is 14.9. The molecule has 2 N–H and O–H groups in total. The number of nitrogens with zero attached hydrogens (tertiary/aromatic N) is 2. The van der Waals surface area contributed by atoms with Crippen LogP contribution in [0.15, 0.2) is 4.52 Å². The lowest BCUT2D eigenvalue weighted by Gasteiger charge is -2.10. The molecule has 0 atom stereocenters. The van der Waals surface area contributed by atoms with Crippen LogP contribution in [0, 0.1) is 0 Å². The highest BCUT2D eigenvalue weighted by atomic mass is 16.5. The van der Waals surface area contributed by atoms with Crippen LogP contribution in [0.2, 0.25) is 0 Å². The number of carboxylic acid groups (broad SMARTS) is 1. The minimum Gasteiger partial charge on any atom is -0.481 e. The molecule has 1 aromatic rings. The molecule has 0 bridgehead atoms. The summed E-state index contributed by atoms with van der Waals surface area (Å²) in [4.78, 5) is 14.3. The largest absolute Gasteiger partial charge is 0.481 e. The minimum atomic E-state index is -0.859. The van der Waals surface area contributed by atoms with Crippen molar-refractivity contribution in [2.24, 2.45) is 0 Å². The van der Waals surface area contributed by atoms with Gasteiger partial charge in [0.15, 0.2) is 0 Å². The van der Waals surface area contributed by atoms with Gasteiger partial charge in [-0.15, -0.1) is 0 Å². The summed E-state index contributed by atoms with van der Waals surface area (Å²) in [6.45, 7) is 6.17.